The number of ketones is 1. The largest absolute Gasteiger partial charge is 0.481 e. The van der Waals surface area contributed by atoms with Crippen LogP contribution in [0.2, 0.25) is 0 Å². The molecule has 182 valence electrons. The van der Waals surface area contributed by atoms with Crippen molar-refractivity contribution in [2.45, 2.75) is 39.0 Å². The molecule has 0 saturated carbocycles. The Hall–Kier alpha value is -3.24. The van der Waals surface area contributed by atoms with E-state index in [2.05, 4.69) is 0 Å². The van der Waals surface area contributed by atoms with E-state index in [4.69, 9.17) is 31.8 Å². The fourth-order valence-corrected chi connectivity index (χ4v) is 5.16. The van der Waals surface area contributed by atoms with Gasteiger partial charge in [0.25, 0.3) is 5.91 Å². The highest BCUT2D eigenvalue weighted by atomic mass is 32.2. The number of nitrogens with zero attached hydrogens (tertiary/aromatic N) is 2. The third-order valence-electron chi connectivity index (χ3n) is 5.51. The van der Waals surface area contributed by atoms with Gasteiger partial charge in [-0.1, -0.05) is 36.5 Å². The van der Waals surface area contributed by atoms with Gasteiger partial charge < -0.3 is 14.6 Å². The molecule has 8 nitrogen and oxygen atoms in total. The molecule has 1 saturated heterocycles. The van der Waals surface area contributed by atoms with Gasteiger partial charge in [-0.2, -0.15) is 0 Å². The topological polar surface area (TPSA) is 106 Å². The maximum atomic E-state index is 12.9. The summed E-state index contributed by atoms with van der Waals surface area (Å²) in [5.41, 5.74) is 2.81. The number of Topliss-reactive ketones (excluding diaryl/α,β-unsaturated/α-hetero) is 1. The Labute approximate surface area is 212 Å². The lowest BCUT2D eigenvalue weighted by molar-refractivity contribution is -0.137. The van der Waals surface area contributed by atoms with Gasteiger partial charge in [-0.05, 0) is 55.7 Å². The van der Waals surface area contributed by atoms with Gasteiger partial charge in [-0.3, -0.25) is 19.3 Å². The molecule has 1 amide bonds. The van der Waals surface area contributed by atoms with Crippen LogP contribution >= 0.6 is 24.0 Å². The summed E-state index contributed by atoms with van der Waals surface area (Å²) in [4.78, 5) is 42.2. The average Bonchev–Trinajstić information content (AvgIpc) is 3.36. The molecular formula is C25H24N2O6S2. The van der Waals surface area contributed by atoms with Gasteiger partial charge in [0.05, 0.1) is 16.3 Å². The van der Waals surface area contributed by atoms with Crippen molar-refractivity contribution in [1.29, 1.82) is 0 Å². The molecule has 1 fully saturated rings. The predicted molar refractivity (Wildman–Crippen MR) is 136 cm³/mol. The van der Waals surface area contributed by atoms with Crippen molar-refractivity contribution in [2.24, 2.45) is 0 Å². The zero-order valence-electron chi connectivity index (χ0n) is 19.1. The highest BCUT2D eigenvalue weighted by Gasteiger charge is 2.31. The Kier molecular flexibility index (Phi) is 7.82. The maximum Gasteiger partial charge on any atom is 0.303 e. The highest BCUT2D eigenvalue weighted by molar-refractivity contribution is 8.26. The third kappa shape index (κ3) is 6.07. The van der Waals surface area contributed by atoms with Crippen molar-refractivity contribution in [3.8, 4) is 22.8 Å². The number of carbonyl (C=O) groups excluding carboxylic acids is 2. The summed E-state index contributed by atoms with van der Waals surface area (Å²) < 4.78 is 11.5. The van der Waals surface area contributed by atoms with E-state index in [9.17, 15) is 14.4 Å². The molecule has 0 unspecified atom stereocenters. The van der Waals surface area contributed by atoms with E-state index in [1.165, 1.54) is 18.7 Å². The first-order chi connectivity index (χ1) is 16.8. The van der Waals surface area contributed by atoms with Crippen molar-refractivity contribution in [3.05, 3.63) is 46.5 Å². The lowest BCUT2D eigenvalue weighted by Gasteiger charge is -2.13. The number of thiocarbonyl (C=S) groups is 1. The van der Waals surface area contributed by atoms with Crippen molar-refractivity contribution < 1.29 is 29.0 Å². The number of aromatic nitrogens is 1. The van der Waals surface area contributed by atoms with Gasteiger partial charge in [0.2, 0.25) is 6.79 Å². The Bertz CT molecular complexity index is 1230. The minimum absolute atomic E-state index is 0.0212. The van der Waals surface area contributed by atoms with E-state index in [0.29, 0.717) is 57.9 Å². The Morgan fingerprint density at radius 1 is 1.20 bits per heavy atom. The second-order valence-corrected chi connectivity index (χ2v) is 9.90. The molecule has 0 aliphatic carbocycles. The molecule has 0 radical (unpaired) electrons. The Morgan fingerprint density at radius 2 is 1.97 bits per heavy atom. The van der Waals surface area contributed by atoms with Gasteiger partial charge in [0, 0.05) is 24.9 Å². The van der Waals surface area contributed by atoms with Crippen LogP contribution in [0.5, 0.6) is 11.5 Å². The highest BCUT2D eigenvalue weighted by Crippen LogP contribution is 2.39. The monoisotopic (exact) mass is 512 g/mol. The van der Waals surface area contributed by atoms with Crippen LogP contribution in [0.1, 0.15) is 43.9 Å². The molecule has 2 aliphatic heterocycles. The first kappa shape index (κ1) is 24.9. The third-order valence-corrected chi connectivity index (χ3v) is 6.89. The van der Waals surface area contributed by atoms with Crippen molar-refractivity contribution in [1.82, 2.24) is 9.88 Å². The standard InChI is InChI=1S/C25H24N2O6S2/c1-15(28)10-16-11-20-21(33-14-32-20)13-18(16)19-7-5-6-17(26-19)12-22-24(31)27(25(34)35-22)9-4-2-3-8-23(29)30/h5-7,11-13H,2-4,8-10,14H2,1H3,(H,29,30). The van der Waals surface area contributed by atoms with Crippen LogP contribution in [-0.2, 0) is 20.8 Å². The van der Waals surface area contributed by atoms with Crippen LogP contribution in [-0.4, -0.2) is 50.3 Å². The quantitative estimate of drug-likeness (QED) is 0.281. The number of ether oxygens (including phenoxy) is 2. The fraction of sp³-hybridized carbons (Fsp3) is 0.320. The maximum absolute atomic E-state index is 12.9. The van der Waals surface area contributed by atoms with Crippen LogP contribution in [0.15, 0.2) is 35.2 Å². The smallest absolute Gasteiger partial charge is 0.303 e. The Morgan fingerprint density at radius 3 is 2.71 bits per heavy atom. The number of hydrogen-bond donors (Lipinski definition) is 1. The van der Waals surface area contributed by atoms with Crippen molar-refractivity contribution >= 4 is 52.0 Å². The Balaban J connectivity index is 1.52. The van der Waals surface area contributed by atoms with Gasteiger partial charge >= 0.3 is 5.97 Å². The predicted octanol–water partition coefficient (Wildman–Crippen LogP) is 4.46. The van der Waals surface area contributed by atoms with E-state index >= 15 is 0 Å². The summed E-state index contributed by atoms with van der Waals surface area (Å²) in [7, 11) is 0. The molecule has 0 atom stereocenters. The van der Waals surface area contributed by atoms with E-state index in [0.717, 1.165) is 11.1 Å². The molecule has 4 rings (SSSR count). The molecule has 1 aromatic heterocycles. The number of unbranched alkanes of at least 4 members (excludes halogenated alkanes) is 2. The number of hydrogen-bond acceptors (Lipinski definition) is 8. The van der Waals surface area contributed by atoms with Gasteiger partial charge in [-0.15, -0.1) is 0 Å². The molecule has 35 heavy (non-hydrogen) atoms. The van der Waals surface area contributed by atoms with Crippen LogP contribution < -0.4 is 9.47 Å². The minimum Gasteiger partial charge on any atom is -0.481 e. The number of aliphatic carboxylic acids is 1. The lowest BCUT2D eigenvalue weighted by atomic mass is 9.98. The zero-order chi connectivity index (χ0) is 24.9. The molecular weight excluding hydrogens is 488 g/mol. The van der Waals surface area contributed by atoms with Crippen molar-refractivity contribution in [3.63, 3.8) is 0 Å². The average molecular weight is 513 g/mol. The van der Waals surface area contributed by atoms with E-state index in [-0.39, 0.29) is 31.3 Å². The SMILES string of the molecule is CC(=O)Cc1cc2c(cc1-c1cccc(C=C3SC(=S)N(CCCCCC(=O)O)C3=O)n1)OCO2. The number of carboxylic acid groups (broad SMARTS) is 1. The summed E-state index contributed by atoms with van der Waals surface area (Å²) >= 11 is 6.62. The number of pyridine rings is 1. The minimum atomic E-state index is -0.817. The lowest BCUT2D eigenvalue weighted by Crippen LogP contribution is -2.29. The fourth-order valence-electron chi connectivity index (χ4n) is 3.87. The summed E-state index contributed by atoms with van der Waals surface area (Å²) in [6, 6.07) is 9.14. The molecule has 10 heteroatoms. The molecule has 0 bridgehead atoms. The van der Waals surface area contributed by atoms with Crippen LogP contribution in [0.25, 0.3) is 17.3 Å². The summed E-state index contributed by atoms with van der Waals surface area (Å²) in [5, 5.41) is 8.74. The molecule has 0 spiro atoms. The summed E-state index contributed by atoms with van der Waals surface area (Å²) in [6.07, 6.45) is 4.04. The van der Waals surface area contributed by atoms with Crippen LogP contribution in [0.4, 0.5) is 0 Å². The van der Waals surface area contributed by atoms with Crippen molar-refractivity contribution in [2.75, 3.05) is 13.3 Å². The van der Waals surface area contributed by atoms with E-state index < -0.39 is 5.97 Å². The molecule has 3 heterocycles. The first-order valence-electron chi connectivity index (χ1n) is 11.2. The number of amides is 1. The first-order valence-corrected chi connectivity index (χ1v) is 12.4. The van der Waals surface area contributed by atoms with Gasteiger partial charge in [-0.25, -0.2) is 4.98 Å². The number of rotatable bonds is 10. The molecule has 1 N–H and O–H groups in total. The number of carbonyl (C=O) groups is 3. The van der Waals surface area contributed by atoms with Crippen LogP contribution in [0, 0.1) is 0 Å². The summed E-state index contributed by atoms with van der Waals surface area (Å²) in [5.74, 6) is 0.234. The normalized spacial score (nSPS) is 15.8. The molecule has 1 aromatic carbocycles. The summed E-state index contributed by atoms with van der Waals surface area (Å²) in [6.45, 7) is 2.13. The number of benzene rings is 1. The second-order valence-electron chi connectivity index (χ2n) is 8.23. The molecule has 2 aromatic rings. The number of fused-ring (bicyclic) bond motifs is 1. The van der Waals surface area contributed by atoms with E-state index in [1.54, 1.807) is 17.0 Å². The van der Waals surface area contributed by atoms with Crippen LogP contribution in [0.3, 0.4) is 0 Å². The van der Waals surface area contributed by atoms with E-state index in [1.807, 2.05) is 24.3 Å². The second kappa shape index (κ2) is 11.0. The van der Waals surface area contributed by atoms with Gasteiger partial charge in [0.1, 0.15) is 10.1 Å². The van der Waals surface area contributed by atoms with Gasteiger partial charge in [0.15, 0.2) is 11.5 Å². The number of carboxylic acids is 1. The number of thioether (sulfide) groups is 1. The molecule has 2 aliphatic rings. The zero-order valence-corrected chi connectivity index (χ0v) is 20.7.